The van der Waals surface area contributed by atoms with Gasteiger partial charge in [-0.1, -0.05) is 12.1 Å². The van der Waals surface area contributed by atoms with Gasteiger partial charge in [0.05, 0.1) is 20.3 Å². The van der Waals surface area contributed by atoms with E-state index in [4.69, 9.17) is 14.6 Å². The fraction of sp³-hybridized carbons (Fsp3) is 0.381. The fourth-order valence-corrected chi connectivity index (χ4v) is 3.23. The predicted molar refractivity (Wildman–Crippen MR) is 105 cm³/mol. The largest absolute Gasteiger partial charge is 0.493 e. The summed E-state index contributed by atoms with van der Waals surface area (Å²) in [6.07, 6.45) is 0.845. The number of carbonyl (C=O) groups excluding carboxylic acids is 1. The van der Waals surface area contributed by atoms with Crippen molar-refractivity contribution in [2.24, 2.45) is 5.92 Å². The number of aliphatic hydroxyl groups is 1. The molecule has 1 aliphatic rings. The van der Waals surface area contributed by atoms with Crippen LogP contribution in [0.1, 0.15) is 15.9 Å². The average molecular weight is 370 g/mol. The minimum absolute atomic E-state index is 0.0944. The Kier molecular flexibility index (Phi) is 6.19. The van der Waals surface area contributed by atoms with Gasteiger partial charge in [-0.25, -0.2) is 0 Å². The first-order chi connectivity index (χ1) is 13.1. The predicted octanol–water partition coefficient (Wildman–Crippen LogP) is 2.10. The van der Waals surface area contributed by atoms with Gasteiger partial charge in [-0.3, -0.25) is 4.79 Å². The average Bonchev–Trinajstić information content (AvgIpc) is 2.71. The Morgan fingerprint density at radius 2 is 2.07 bits per heavy atom. The smallest absolute Gasteiger partial charge is 0.251 e. The number of anilines is 1. The summed E-state index contributed by atoms with van der Waals surface area (Å²) in [5, 5.41) is 12.0. The van der Waals surface area contributed by atoms with E-state index in [-0.39, 0.29) is 18.4 Å². The van der Waals surface area contributed by atoms with E-state index in [1.165, 1.54) is 0 Å². The van der Waals surface area contributed by atoms with Crippen LogP contribution >= 0.6 is 0 Å². The molecular formula is C21H26N2O4. The van der Waals surface area contributed by atoms with Crippen LogP contribution in [0.5, 0.6) is 11.5 Å². The lowest BCUT2D eigenvalue weighted by Crippen LogP contribution is -2.34. The second-order valence-electron chi connectivity index (χ2n) is 6.73. The van der Waals surface area contributed by atoms with Crippen molar-refractivity contribution in [1.82, 2.24) is 5.32 Å². The molecule has 27 heavy (non-hydrogen) atoms. The Bertz CT molecular complexity index is 776. The van der Waals surface area contributed by atoms with Gasteiger partial charge in [-0.15, -0.1) is 0 Å². The van der Waals surface area contributed by atoms with Gasteiger partial charge in [0.25, 0.3) is 5.91 Å². The minimum atomic E-state index is -0.0946. The summed E-state index contributed by atoms with van der Waals surface area (Å²) in [5.41, 5.74) is 2.69. The number of fused-ring (bicyclic) bond motifs is 1. The number of para-hydroxylation sites is 1. The number of likely N-dealkylation sites (N-methyl/N-ethyl adjacent to an activating group) is 1. The summed E-state index contributed by atoms with van der Waals surface area (Å²) in [7, 11) is 3.54. The quantitative estimate of drug-likeness (QED) is 0.781. The highest BCUT2D eigenvalue weighted by atomic mass is 16.5. The molecule has 2 N–H and O–H groups in total. The molecular weight excluding hydrogens is 344 g/mol. The monoisotopic (exact) mass is 370 g/mol. The van der Waals surface area contributed by atoms with Crippen molar-refractivity contribution in [3.63, 3.8) is 0 Å². The molecule has 0 fully saturated rings. The van der Waals surface area contributed by atoms with E-state index in [1.807, 2.05) is 42.3 Å². The van der Waals surface area contributed by atoms with Crippen LogP contribution in [-0.4, -0.2) is 51.5 Å². The van der Waals surface area contributed by atoms with E-state index < -0.39 is 0 Å². The highest BCUT2D eigenvalue weighted by Crippen LogP contribution is 2.35. The first-order valence-corrected chi connectivity index (χ1v) is 9.11. The molecule has 1 aliphatic heterocycles. The number of benzene rings is 2. The van der Waals surface area contributed by atoms with Gasteiger partial charge in [-0.2, -0.15) is 0 Å². The Balaban J connectivity index is 1.55. The van der Waals surface area contributed by atoms with E-state index in [2.05, 4.69) is 5.32 Å². The van der Waals surface area contributed by atoms with Crippen molar-refractivity contribution in [2.75, 3.05) is 45.4 Å². The van der Waals surface area contributed by atoms with Crippen LogP contribution in [0.25, 0.3) is 0 Å². The Morgan fingerprint density at radius 1 is 1.30 bits per heavy atom. The van der Waals surface area contributed by atoms with Gasteiger partial charge in [0.1, 0.15) is 0 Å². The summed E-state index contributed by atoms with van der Waals surface area (Å²) >= 11 is 0. The fourth-order valence-electron chi connectivity index (χ4n) is 3.23. The number of amides is 1. The number of hydrogen-bond donors (Lipinski definition) is 2. The number of nitrogens with zero attached hydrogens (tertiary/aromatic N) is 1. The molecule has 6 heteroatoms. The summed E-state index contributed by atoms with van der Waals surface area (Å²) in [6.45, 7) is 1.76. The number of ether oxygens (including phenoxy) is 2. The summed E-state index contributed by atoms with van der Waals surface area (Å²) in [5.74, 6) is 1.69. The molecule has 1 unspecified atom stereocenters. The lowest BCUT2D eigenvalue weighted by molar-refractivity contribution is 0.0938. The van der Waals surface area contributed by atoms with Crippen LogP contribution in [0.4, 0.5) is 5.69 Å². The third kappa shape index (κ3) is 4.52. The molecule has 2 aromatic rings. The topological polar surface area (TPSA) is 71.0 Å². The van der Waals surface area contributed by atoms with E-state index in [1.54, 1.807) is 19.2 Å². The molecule has 0 spiro atoms. The Hall–Kier alpha value is -2.73. The lowest BCUT2D eigenvalue weighted by Gasteiger charge is -2.26. The zero-order valence-corrected chi connectivity index (χ0v) is 15.8. The molecule has 1 atom stereocenters. The van der Waals surface area contributed by atoms with Crippen LogP contribution in [0.15, 0.2) is 42.5 Å². The lowest BCUT2D eigenvalue weighted by atomic mass is 9.96. The van der Waals surface area contributed by atoms with E-state index in [0.29, 0.717) is 25.3 Å². The van der Waals surface area contributed by atoms with Crippen molar-refractivity contribution >= 4 is 11.6 Å². The normalized spacial score (nSPS) is 15.4. The van der Waals surface area contributed by atoms with E-state index in [0.717, 1.165) is 29.2 Å². The SMILES string of the molecule is COc1cccc2c1OCC(CNC(=O)c1ccc(N(C)CCO)cc1)C2. The van der Waals surface area contributed by atoms with Crippen LogP contribution in [0.2, 0.25) is 0 Å². The van der Waals surface area contributed by atoms with Crippen LogP contribution in [0, 0.1) is 5.92 Å². The maximum atomic E-state index is 12.4. The van der Waals surface area contributed by atoms with Crippen LogP contribution < -0.4 is 19.7 Å². The molecule has 2 aromatic carbocycles. The van der Waals surface area contributed by atoms with Gasteiger partial charge in [-0.05, 0) is 42.3 Å². The van der Waals surface area contributed by atoms with Gasteiger partial charge in [0, 0.05) is 37.3 Å². The minimum Gasteiger partial charge on any atom is -0.493 e. The summed E-state index contributed by atoms with van der Waals surface area (Å²) in [4.78, 5) is 14.4. The number of carbonyl (C=O) groups is 1. The van der Waals surface area contributed by atoms with Crippen molar-refractivity contribution in [3.8, 4) is 11.5 Å². The van der Waals surface area contributed by atoms with Gasteiger partial charge in [0.2, 0.25) is 0 Å². The van der Waals surface area contributed by atoms with Crippen molar-refractivity contribution in [1.29, 1.82) is 0 Å². The van der Waals surface area contributed by atoms with E-state index in [9.17, 15) is 4.79 Å². The summed E-state index contributed by atoms with van der Waals surface area (Å²) < 4.78 is 11.2. The molecule has 6 nitrogen and oxygen atoms in total. The van der Waals surface area contributed by atoms with Crippen molar-refractivity contribution in [2.45, 2.75) is 6.42 Å². The van der Waals surface area contributed by atoms with Gasteiger partial charge >= 0.3 is 0 Å². The molecule has 3 rings (SSSR count). The van der Waals surface area contributed by atoms with Gasteiger partial charge in [0.15, 0.2) is 11.5 Å². The molecule has 0 aromatic heterocycles. The molecule has 144 valence electrons. The number of methoxy groups -OCH3 is 1. The first kappa shape index (κ1) is 19.0. The second kappa shape index (κ2) is 8.77. The number of aliphatic hydroxyl groups excluding tert-OH is 1. The second-order valence-corrected chi connectivity index (χ2v) is 6.73. The maximum absolute atomic E-state index is 12.4. The number of rotatable bonds is 7. The summed E-state index contributed by atoms with van der Waals surface area (Å²) in [6, 6.07) is 13.3. The molecule has 1 amide bonds. The highest BCUT2D eigenvalue weighted by molar-refractivity contribution is 5.94. The van der Waals surface area contributed by atoms with E-state index >= 15 is 0 Å². The number of hydrogen-bond acceptors (Lipinski definition) is 5. The Labute approximate surface area is 159 Å². The van der Waals surface area contributed by atoms with Crippen LogP contribution in [0.3, 0.4) is 0 Å². The Morgan fingerprint density at radius 3 is 2.78 bits per heavy atom. The highest BCUT2D eigenvalue weighted by Gasteiger charge is 2.23. The molecule has 0 saturated carbocycles. The molecule has 0 aliphatic carbocycles. The molecule has 0 bridgehead atoms. The van der Waals surface area contributed by atoms with Gasteiger partial charge < -0.3 is 24.8 Å². The molecule has 0 radical (unpaired) electrons. The van der Waals surface area contributed by atoms with Crippen LogP contribution in [-0.2, 0) is 6.42 Å². The molecule has 1 heterocycles. The third-order valence-electron chi connectivity index (χ3n) is 4.81. The number of nitrogens with one attached hydrogen (secondary N) is 1. The first-order valence-electron chi connectivity index (χ1n) is 9.11. The zero-order valence-electron chi connectivity index (χ0n) is 15.8. The van der Waals surface area contributed by atoms with Crippen molar-refractivity contribution < 1.29 is 19.4 Å². The third-order valence-corrected chi connectivity index (χ3v) is 4.81. The standard InChI is InChI=1S/C21H26N2O4/c1-23(10-11-24)18-8-6-16(7-9-18)21(25)22-13-15-12-17-4-3-5-19(26-2)20(17)27-14-15/h3-9,15,24H,10-14H2,1-2H3,(H,22,25). The van der Waals surface area contributed by atoms with Crippen molar-refractivity contribution in [3.05, 3.63) is 53.6 Å². The molecule has 0 saturated heterocycles. The zero-order chi connectivity index (χ0) is 19.2. The maximum Gasteiger partial charge on any atom is 0.251 e.